The van der Waals surface area contributed by atoms with Gasteiger partial charge < -0.3 is 9.47 Å². The number of ether oxygens (including phenoxy) is 2. The van der Waals surface area contributed by atoms with Crippen LogP contribution in [-0.4, -0.2) is 24.4 Å². The van der Waals surface area contributed by atoms with Crippen LogP contribution in [0.4, 0.5) is 0 Å². The van der Waals surface area contributed by atoms with Gasteiger partial charge >= 0.3 is 5.97 Å². The number of carbonyl (C=O) groups is 1. The van der Waals surface area contributed by atoms with Crippen LogP contribution in [0.25, 0.3) is 10.4 Å². The summed E-state index contributed by atoms with van der Waals surface area (Å²) in [6.45, 7) is 7.39. The quantitative estimate of drug-likeness (QED) is 0.329. The summed E-state index contributed by atoms with van der Waals surface area (Å²) >= 11 is 0. The van der Waals surface area contributed by atoms with E-state index in [1.807, 2.05) is 13.8 Å². The topological polar surface area (TPSA) is 84.3 Å². The van der Waals surface area contributed by atoms with Crippen LogP contribution >= 0.6 is 0 Å². The second-order valence-corrected chi connectivity index (χ2v) is 4.47. The Labute approximate surface area is 101 Å². The van der Waals surface area contributed by atoms with E-state index in [9.17, 15) is 4.79 Å². The lowest BCUT2D eigenvalue weighted by Gasteiger charge is -2.42. The summed E-state index contributed by atoms with van der Waals surface area (Å²) in [5.41, 5.74) is 8.56. The summed E-state index contributed by atoms with van der Waals surface area (Å²) in [5, 5.41) is 3.70. The molecule has 0 spiro atoms. The first-order valence-corrected chi connectivity index (χ1v) is 5.88. The number of azide groups is 1. The fourth-order valence-electron chi connectivity index (χ4n) is 2.22. The Hall–Kier alpha value is -1.26. The van der Waals surface area contributed by atoms with Crippen molar-refractivity contribution < 1.29 is 14.3 Å². The molecule has 1 fully saturated rings. The van der Waals surface area contributed by atoms with Gasteiger partial charge in [0.05, 0.1) is 6.10 Å². The van der Waals surface area contributed by atoms with Crippen molar-refractivity contribution in [1.82, 2.24) is 0 Å². The predicted molar refractivity (Wildman–Crippen MR) is 62.0 cm³/mol. The van der Waals surface area contributed by atoms with Gasteiger partial charge in [-0.25, -0.2) is 0 Å². The maximum absolute atomic E-state index is 11.0. The van der Waals surface area contributed by atoms with Gasteiger partial charge in [0.15, 0.2) is 0 Å². The Bertz CT molecular complexity index is 328. The molecule has 6 heteroatoms. The van der Waals surface area contributed by atoms with Crippen LogP contribution in [0.5, 0.6) is 0 Å². The average molecular weight is 241 g/mol. The van der Waals surface area contributed by atoms with Gasteiger partial charge in [-0.15, -0.1) is 0 Å². The molecule has 1 rings (SSSR count). The van der Waals surface area contributed by atoms with Gasteiger partial charge in [0.2, 0.25) is 6.29 Å². The first kappa shape index (κ1) is 13.8. The van der Waals surface area contributed by atoms with E-state index in [-0.39, 0.29) is 17.9 Å². The fraction of sp³-hybridized carbons (Fsp3) is 0.909. The van der Waals surface area contributed by atoms with Crippen molar-refractivity contribution in [2.45, 2.75) is 52.6 Å². The lowest BCUT2D eigenvalue weighted by molar-refractivity contribution is -0.226. The van der Waals surface area contributed by atoms with Crippen LogP contribution in [0.1, 0.15) is 34.1 Å². The number of esters is 1. The average Bonchev–Trinajstić information content (AvgIpc) is 2.27. The van der Waals surface area contributed by atoms with Crippen molar-refractivity contribution in [3.8, 4) is 0 Å². The molecule has 1 saturated heterocycles. The van der Waals surface area contributed by atoms with E-state index >= 15 is 0 Å². The third-order valence-electron chi connectivity index (χ3n) is 3.41. The van der Waals surface area contributed by atoms with Crippen molar-refractivity contribution in [2.75, 3.05) is 0 Å². The van der Waals surface area contributed by atoms with Gasteiger partial charge in [0.1, 0.15) is 6.04 Å². The summed E-state index contributed by atoms with van der Waals surface area (Å²) < 4.78 is 10.8. The summed E-state index contributed by atoms with van der Waals surface area (Å²) in [6, 6.07) is -0.457. The maximum Gasteiger partial charge on any atom is 0.304 e. The number of hydrogen-bond donors (Lipinski definition) is 0. The normalized spacial score (nSPS) is 37.1. The SMILES string of the molecule is CCC1O[C@@H](OC(C)=O)C(N=[N+]=[N-])[C@@H](C)[C@H]1C. The Morgan fingerprint density at radius 1 is 1.47 bits per heavy atom. The molecule has 0 aromatic carbocycles. The lowest BCUT2D eigenvalue weighted by Crippen LogP contribution is -2.49. The highest BCUT2D eigenvalue weighted by molar-refractivity contribution is 5.66. The summed E-state index contributed by atoms with van der Waals surface area (Å²) in [7, 11) is 0. The van der Waals surface area contributed by atoms with Crippen molar-refractivity contribution in [1.29, 1.82) is 0 Å². The molecule has 0 aromatic rings. The Morgan fingerprint density at radius 2 is 2.12 bits per heavy atom. The standard InChI is InChI=1S/C11H19N3O3/c1-5-9-6(2)7(3)10(13-14-12)11(17-9)16-8(4)15/h6-7,9-11H,5H2,1-4H3/t6-,7+,9?,10?,11-/m1/s1. The molecule has 1 aliphatic heterocycles. The van der Waals surface area contributed by atoms with Crippen LogP contribution in [0, 0.1) is 11.8 Å². The van der Waals surface area contributed by atoms with Gasteiger partial charge in [-0.05, 0) is 23.8 Å². The second kappa shape index (κ2) is 5.89. The van der Waals surface area contributed by atoms with Gasteiger partial charge in [0, 0.05) is 11.8 Å². The maximum atomic E-state index is 11.0. The van der Waals surface area contributed by atoms with E-state index < -0.39 is 18.3 Å². The van der Waals surface area contributed by atoms with E-state index in [1.54, 1.807) is 0 Å². The summed E-state index contributed by atoms with van der Waals surface area (Å²) in [4.78, 5) is 13.8. The molecule has 0 amide bonds. The monoisotopic (exact) mass is 241 g/mol. The number of rotatable bonds is 3. The largest absolute Gasteiger partial charge is 0.435 e. The highest BCUT2D eigenvalue weighted by atomic mass is 16.7. The smallest absolute Gasteiger partial charge is 0.304 e. The molecule has 2 unspecified atom stereocenters. The second-order valence-electron chi connectivity index (χ2n) is 4.47. The fourth-order valence-corrected chi connectivity index (χ4v) is 2.22. The Morgan fingerprint density at radius 3 is 2.59 bits per heavy atom. The molecule has 0 saturated carbocycles. The molecule has 1 heterocycles. The molecule has 96 valence electrons. The van der Waals surface area contributed by atoms with E-state index in [2.05, 4.69) is 16.9 Å². The van der Waals surface area contributed by atoms with Gasteiger partial charge in [-0.1, -0.05) is 25.9 Å². The van der Waals surface area contributed by atoms with Crippen LogP contribution in [0.3, 0.4) is 0 Å². The first-order valence-electron chi connectivity index (χ1n) is 5.88. The zero-order chi connectivity index (χ0) is 13.0. The van der Waals surface area contributed by atoms with Gasteiger partial charge in [0.25, 0.3) is 0 Å². The molecule has 5 atom stereocenters. The van der Waals surface area contributed by atoms with E-state index in [0.717, 1.165) is 6.42 Å². The minimum absolute atomic E-state index is 0.0273. The first-order chi connectivity index (χ1) is 8.01. The third kappa shape index (κ3) is 3.11. The van der Waals surface area contributed by atoms with Crippen LogP contribution in [0.2, 0.25) is 0 Å². The van der Waals surface area contributed by atoms with E-state index in [1.165, 1.54) is 6.92 Å². The highest BCUT2D eigenvalue weighted by Crippen LogP contribution is 2.34. The molecule has 17 heavy (non-hydrogen) atoms. The molecule has 1 aliphatic rings. The molecule has 6 nitrogen and oxygen atoms in total. The van der Waals surface area contributed by atoms with Crippen molar-refractivity contribution >= 4 is 5.97 Å². The van der Waals surface area contributed by atoms with Gasteiger partial charge in [-0.3, -0.25) is 4.79 Å². The Balaban J connectivity index is 2.89. The summed E-state index contributed by atoms with van der Waals surface area (Å²) in [5.74, 6) is -0.0407. The third-order valence-corrected chi connectivity index (χ3v) is 3.41. The van der Waals surface area contributed by atoms with Crippen molar-refractivity contribution in [3.05, 3.63) is 10.4 Å². The molecular formula is C11H19N3O3. The molecular weight excluding hydrogens is 222 g/mol. The van der Waals surface area contributed by atoms with Crippen LogP contribution in [-0.2, 0) is 14.3 Å². The minimum atomic E-state index is -0.764. The number of carbonyl (C=O) groups excluding carboxylic acids is 1. The van der Waals surface area contributed by atoms with Crippen molar-refractivity contribution in [3.63, 3.8) is 0 Å². The summed E-state index contributed by atoms with van der Waals surface area (Å²) in [6.07, 6.45) is 0.103. The highest BCUT2D eigenvalue weighted by Gasteiger charge is 2.41. The van der Waals surface area contributed by atoms with Gasteiger partial charge in [-0.2, -0.15) is 0 Å². The van der Waals surface area contributed by atoms with Crippen LogP contribution < -0.4 is 0 Å². The number of nitrogens with zero attached hydrogens (tertiary/aromatic N) is 3. The van der Waals surface area contributed by atoms with Crippen molar-refractivity contribution in [2.24, 2.45) is 17.0 Å². The molecule has 0 N–H and O–H groups in total. The number of hydrogen-bond acceptors (Lipinski definition) is 4. The Kier molecular flexibility index (Phi) is 4.78. The molecule has 0 aliphatic carbocycles. The lowest BCUT2D eigenvalue weighted by atomic mass is 9.81. The molecule has 0 bridgehead atoms. The molecule has 0 radical (unpaired) electrons. The zero-order valence-corrected chi connectivity index (χ0v) is 10.7. The zero-order valence-electron chi connectivity index (χ0n) is 10.7. The van der Waals surface area contributed by atoms with Crippen LogP contribution in [0.15, 0.2) is 5.11 Å². The van der Waals surface area contributed by atoms with E-state index in [4.69, 9.17) is 15.0 Å². The minimum Gasteiger partial charge on any atom is -0.435 e. The van der Waals surface area contributed by atoms with E-state index in [0.29, 0.717) is 0 Å². The molecule has 0 aromatic heterocycles. The predicted octanol–water partition coefficient (Wildman–Crippen LogP) is 2.64.